The third-order valence-electron chi connectivity index (χ3n) is 5.07. The normalized spacial score (nSPS) is 14.2. The van der Waals surface area contributed by atoms with Gasteiger partial charge in [0.25, 0.3) is 5.91 Å². The van der Waals surface area contributed by atoms with Crippen LogP contribution in [-0.2, 0) is 0 Å². The Morgan fingerprint density at radius 2 is 1.93 bits per heavy atom. The van der Waals surface area contributed by atoms with Crippen molar-refractivity contribution in [3.8, 4) is 5.75 Å². The van der Waals surface area contributed by atoms with E-state index < -0.39 is 0 Å². The van der Waals surface area contributed by atoms with E-state index in [-0.39, 0.29) is 5.91 Å². The van der Waals surface area contributed by atoms with Crippen LogP contribution >= 0.6 is 0 Å². The van der Waals surface area contributed by atoms with Crippen LogP contribution < -0.4 is 15.0 Å². The van der Waals surface area contributed by atoms with Gasteiger partial charge in [0.1, 0.15) is 5.75 Å². The highest BCUT2D eigenvalue weighted by Gasteiger charge is 2.16. The summed E-state index contributed by atoms with van der Waals surface area (Å²) in [5.74, 6) is 0.499. The molecule has 4 rings (SSSR count). The number of rotatable bonds is 4. The Kier molecular flexibility index (Phi) is 4.92. The molecule has 0 saturated carbocycles. The van der Waals surface area contributed by atoms with Gasteiger partial charge in [-0.25, -0.2) is 0 Å². The molecular weight excluding hydrogens is 338 g/mol. The molecule has 2 aromatic carbocycles. The number of pyridine rings is 1. The number of hydrogen-bond donors (Lipinski definition) is 1. The van der Waals surface area contributed by atoms with Crippen molar-refractivity contribution in [2.75, 3.05) is 30.4 Å². The van der Waals surface area contributed by atoms with E-state index in [4.69, 9.17) is 4.74 Å². The molecule has 1 saturated heterocycles. The van der Waals surface area contributed by atoms with Gasteiger partial charge in [0.05, 0.1) is 12.8 Å². The highest BCUT2D eigenvalue weighted by molar-refractivity contribution is 6.11. The van der Waals surface area contributed by atoms with Crippen LogP contribution in [0.2, 0.25) is 0 Å². The Balaban J connectivity index is 1.67. The van der Waals surface area contributed by atoms with Crippen LogP contribution in [0.15, 0.2) is 54.9 Å². The topological polar surface area (TPSA) is 54.5 Å². The van der Waals surface area contributed by atoms with Crippen LogP contribution in [0.4, 0.5) is 11.4 Å². The summed E-state index contributed by atoms with van der Waals surface area (Å²) >= 11 is 0. The number of carbonyl (C=O) groups is 1. The number of fused-ring (bicyclic) bond motifs is 1. The third kappa shape index (κ3) is 3.58. The van der Waals surface area contributed by atoms with Crippen molar-refractivity contribution in [1.82, 2.24) is 4.98 Å². The molecule has 1 amide bonds. The average molecular weight is 361 g/mol. The molecular formula is C22H23N3O2. The van der Waals surface area contributed by atoms with Crippen molar-refractivity contribution in [3.63, 3.8) is 0 Å². The molecule has 0 spiro atoms. The van der Waals surface area contributed by atoms with Gasteiger partial charge in [0, 0.05) is 47.5 Å². The molecule has 138 valence electrons. The van der Waals surface area contributed by atoms with Gasteiger partial charge < -0.3 is 15.0 Å². The van der Waals surface area contributed by atoms with Crippen LogP contribution in [0, 0.1) is 0 Å². The lowest BCUT2D eigenvalue weighted by atomic mass is 10.0. The summed E-state index contributed by atoms with van der Waals surface area (Å²) in [5.41, 5.74) is 2.55. The Morgan fingerprint density at radius 3 is 2.74 bits per heavy atom. The molecule has 0 bridgehead atoms. The zero-order valence-electron chi connectivity index (χ0n) is 15.4. The Hall–Kier alpha value is -3.08. The summed E-state index contributed by atoms with van der Waals surface area (Å²) in [6, 6.07) is 13.3. The molecule has 1 N–H and O–H groups in total. The van der Waals surface area contributed by atoms with Gasteiger partial charge in [-0.1, -0.05) is 6.07 Å². The minimum absolute atomic E-state index is 0.162. The monoisotopic (exact) mass is 361 g/mol. The Bertz CT molecular complexity index is 965. The molecule has 1 aromatic heterocycles. The minimum Gasteiger partial charge on any atom is -0.497 e. The fraction of sp³-hybridized carbons (Fsp3) is 0.273. The van der Waals surface area contributed by atoms with Gasteiger partial charge in [-0.15, -0.1) is 0 Å². The predicted molar refractivity (Wildman–Crippen MR) is 109 cm³/mol. The average Bonchev–Trinajstić information content (AvgIpc) is 2.74. The number of carbonyl (C=O) groups excluding carboxylic acids is 1. The van der Waals surface area contributed by atoms with Gasteiger partial charge in [0.15, 0.2) is 0 Å². The third-order valence-corrected chi connectivity index (χ3v) is 5.07. The first-order chi connectivity index (χ1) is 13.3. The van der Waals surface area contributed by atoms with Crippen LogP contribution in [0.3, 0.4) is 0 Å². The highest BCUT2D eigenvalue weighted by Crippen LogP contribution is 2.33. The van der Waals surface area contributed by atoms with Crippen molar-refractivity contribution in [2.45, 2.75) is 19.3 Å². The standard InChI is InChI=1S/C22H23N3O2/c1-27-17-7-5-6-16(14-17)22(26)24-20-8-9-21(25-12-3-2-4-13-25)18-10-11-23-15-19(18)20/h5-11,14-15H,2-4,12-13H2,1H3,(H,24,26). The van der Waals surface area contributed by atoms with E-state index in [9.17, 15) is 4.79 Å². The smallest absolute Gasteiger partial charge is 0.255 e. The van der Waals surface area contributed by atoms with Crippen molar-refractivity contribution < 1.29 is 9.53 Å². The van der Waals surface area contributed by atoms with Gasteiger partial charge in [-0.3, -0.25) is 9.78 Å². The number of amides is 1. The van der Waals surface area contributed by atoms with E-state index in [1.165, 1.54) is 24.9 Å². The first kappa shape index (κ1) is 17.3. The molecule has 2 heterocycles. The summed E-state index contributed by atoms with van der Waals surface area (Å²) in [7, 11) is 1.59. The molecule has 1 aliphatic heterocycles. The summed E-state index contributed by atoms with van der Waals surface area (Å²) in [4.78, 5) is 19.4. The number of nitrogens with one attached hydrogen (secondary N) is 1. The minimum atomic E-state index is -0.162. The van der Waals surface area contributed by atoms with E-state index >= 15 is 0 Å². The second-order valence-electron chi connectivity index (χ2n) is 6.79. The van der Waals surface area contributed by atoms with Crippen LogP contribution in [0.1, 0.15) is 29.6 Å². The van der Waals surface area contributed by atoms with Gasteiger partial charge >= 0.3 is 0 Å². The van der Waals surface area contributed by atoms with Crippen molar-refractivity contribution >= 4 is 28.1 Å². The largest absolute Gasteiger partial charge is 0.497 e. The van der Waals surface area contributed by atoms with E-state index in [0.717, 1.165) is 29.5 Å². The molecule has 3 aromatic rings. The lowest BCUT2D eigenvalue weighted by molar-refractivity contribution is 0.102. The van der Waals surface area contributed by atoms with Gasteiger partial charge in [0.2, 0.25) is 0 Å². The zero-order valence-corrected chi connectivity index (χ0v) is 15.4. The summed E-state index contributed by atoms with van der Waals surface area (Å²) in [6.07, 6.45) is 7.37. The second kappa shape index (κ2) is 7.66. The number of piperidine rings is 1. The van der Waals surface area contributed by atoms with Crippen molar-refractivity contribution in [2.24, 2.45) is 0 Å². The molecule has 0 atom stereocenters. The van der Waals surface area contributed by atoms with Crippen LogP contribution in [0.5, 0.6) is 5.75 Å². The first-order valence-electron chi connectivity index (χ1n) is 9.33. The SMILES string of the molecule is COc1cccc(C(=O)Nc2ccc(N3CCCCC3)c3ccncc23)c1. The number of anilines is 2. The summed E-state index contributed by atoms with van der Waals surface area (Å²) in [5, 5.41) is 5.11. The molecule has 1 aliphatic rings. The summed E-state index contributed by atoms with van der Waals surface area (Å²) in [6.45, 7) is 2.15. The van der Waals surface area contributed by atoms with Crippen LogP contribution in [0.25, 0.3) is 10.8 Å². The maximum atomic E-state index is 12.7. The Labute approximate surface area is 159 Å². The number of ether oxygens (including phenoxy) is 1. The number of methoxy groups -OCH3 is 1. The van der Waals surface area contributed by atoms with E-state index in [2.05, 4.69) is 21.3 Å². The quantitative estimate of drug-likeness (QED) is 0.744. The number of aromatic nitrogens is 1. The second-order valence-corrected chi connectivity index (χ2v) is 6.79. The molecule has 0 aliphatic carbocycles. The molecule has 27 heavy (non-hydrogen) atoms. The van der Waals surface area contributed by atoms with E-state index in [1.807, 2.05) is 36.7 Å². The van der Waals surface area contributed by atoms with Crippen LogP contribution in [-0.4, -0.2) is 31.1 Å². The Morgan fingerprint density at radius 1 is 1.07 bits per heavy atom. The van der Waals surface area contributed by atoms with E-state index in [0.29, 0.717) is 11.3 Å². The predicted octanol–water partition coefficient (Wildman–Crippen LogP) is 4.49. The lowest BCUT2D eigenvalue weighted by Crippen LogP contribution is -2.29. The zero-order chi connectivity index (χ0) is 18.6. The molecule has 0 radical (unpaired) electrons. The fourth-order valence-corrected chi connectivity index (χ4v) is 3.65. The summed E-state index contributed by atoms with van der Waals surface area (Å²) < 4.78 is 5.21. The lowest BCUT2D eigenvalue weighted by Gasteiger charge is -2.30. The first-order valence-corrected chi connectivity index (χ1v) is 9.33. The van der Waals surface area contributed by atoms with E-state index in [1.54, 1.807) is 19.2 Å². The molecule has 0 unspecified atom stereocenters. The maximum absolute atomic E-state index is 12.7. The molecule has 1 fully saturated rings. The van der Waals surface area contributed by atoms with Crippen molar-refractivity contribution in [1.29, 1.82) is 0 Å². The highest BCUT2D eigenvalue weighted by atomic mass is 16.5. The van der Waals surface area contributed by atoms with Gasteiger partial charge in [-0.2, -0.15) is 0 Å². The number of benzene rings is 2. The molecule has 5 heteroatoms. The number of hydrogen-bond acceptors (Lipinski definition) is 4. The number of nitrogens with zero attached hydrogens (tertiary/aromatic N) is 2. The van der Waals surface area contributed by atoms with Gasteiger partial charge in [-0.05, 0) is 55.7 Å². The fourth-order valence-electron chi connectivity index (χ4n) is 3.65. The molecule has 5 nitrogen and oxygen atoms in total. The maximum Gasteiger partial charge on any atom is 0.255 e. The van der Waals surface area contributed by atoms with Crippen molar-refractivity contribution in [3.05, 3.63) is 60.4 Å².